The number of carboxylic acid groups (broad SMARTS) is 1. The summed E-state index contributed by atoms with van der Waals surface area (Å²) in [5, 5.41) is 11.6. The molecule has 2 N–H and O–H groups in total. The van der Waals surface area contributed by atoms with Gasteiger partial charge in [-0.3, -0.25) is 4.79 Å². The Morgan fingerprint density at radius 1 is 1.39 bits per heavy atom. The summed E-state index contributed by atoms with van der Waals surface area (Å²) in [5.74, 6) is -1.34. The number of nitrogens with zero attached hydrogens (tertiary/aromatic N) is 2. The van der Waals surface area contributed by atoms with Gasteiger partial charge in [-0.2, -0.15) is 0 Å². The van der Waals surface area contributed by atoms with E-state index in [4.69, 9.17) is 5.11 Å². The average molecular weight is 245 g/mol. The summed E-state index contributed by atoms with van der Waals surface area (Å²) < 4.78 is 1.72. The van der Waals surface area contributed by atoms with E-state index in [0.717, 1.165) is 5.65 Å². The largest absolute Gasteiger partial charge is 0.480 e. The standard InChI is InChI=1S/C12H11N3O3/c16-10(14-12(3-4-12)11(17)18)8-1-2-9-13-5-6-15(9)7-8/h1-2,5-7H,3-4H2,(H,14,16)(H,17,18). The average Bonchev–Trinajstić information content (AvgIpc) is 2.98. The van der Waals surface area contributed by atoms with Gasteiger partial charge in [0.05, 0.1) is 5.56 Å². The first kappa shape index (κ1) is 10.8. The molecule has 2 aromatic heterocycles. The van der Waals surface area contributed by atoms with Crippen LogP contribution in [0.2, 0.25) is 0 Å². The Labute approximate surface area is 102 Å². The molecule has 0 atom stereocenters. The van der Waals surface area contributed by atoms with E-state index in [0.29, 0.717) is 18.4 Å². The summed E-state index contributed by atoms with van der Waals surface area (Å²) in [7, 11) is 0. The third kappa shape index (κ3) is 1.62. The molecule has 6 heteroatoms. The lowest BCUT2D eigenvalue weighted by Crippen LogP contribution is -2.43. The van der Waals surface area contributed by atoms with Gasteiger partial charge in [-0.25, -0.2) is 9.78 Å². The van der Waals surface area contributed by atoms with Crippen molar-refractivity contribution in [2.75, 3.05) is 0 Å². The van der Waals surface area contributed by atoms with Crippen LogP contribution in [0.15, 0.2) is 30.7 Å². The lowest BCUT2D eigenvalue weighted by Gasteiger charge is -2.12. The normalized spacial score (nSPS) is 16.4. The molecule has 0 saturated heterocycles. The van der Waals surface area contributed by atoms with Crippen LogP contribution in [-0.4, -0.2) is 31.9 Å². The van der Waals surface area contributed by atoms with Crippen molar-refractivity contribution in [1.82, 2.24) is 14.7 Å². The van der Waals surface area contributed by atoms with Gasteiger partial charge < -0.3 is 14.8 Å². The van der Waals surface area contributed by atoms with Crippen molar-refractivity contribution < 1.29 is 14.7 Å². The first-order valence-corrected chi connectivity index (χ1v) is 5.59. The summed E-state index contributed by atoms with van der Waals surface area (Å²) in [5.41, 5.74) is 0.111. The van der Waals surface area contributed by atoms with E-state index in [2.05, 4.69) is 10.3 Å². The minimum Gasteiger partial charge on any atom is -0.480 e. The van der Waals surface area contributed by atoms with Crippen molar-refractivity contribution >= 4 is 17.5 Å². The highest BCUT2D eigenvalue weighted by Crippen LogP contribution is 2.35. The molecule has 6 nitrogen and oxygen atoms in total. The summed E-state index contributed by atoms with van der Waals surface area (Å²) in [6, 6.07) is 3.35. The quantitative estimate of drug-likeness (QED) is 0.833. The summed E-state index contributed by atoms with van der Waals surface area (Å²) >= 11 is 0. The van der Waals surface area contributed by atoms with Crippen LogP contribution in [0, 0.1) is 0 Å². The SMILES string of the molecule is O=C(NC1(C(=O)O)CC1)c1ccc2nccn2c1. The Balaban J connectivity index is 1.86. The zero-order valence-electron chi connectivity index (χ0n) is 9.46. The number of rotatable bonds is 3. The van der Waals surface area contributed by atoms with Crippen molar-refractivity contribution in [3.63, 3.8) is 0 Å². The van der Waals surface area contributed by atoms with E-state index in [1.165, 1.54) is 0 Å². The maximum absolute atomic E-state index is 12.0. The number of amides is 1. The molecular formula is C12H11N3O3. The van der Waals surface area contributed by atoms with Crippen molar-refractivity contribution in [1.29, 1.82) is 0 Å². The molecule has 0 aliphatic heterocycles. The highest BCUT2D eigenvalue weighted by atomic mass is 16.4. The highest BCUT2D eigenvalue weighted by Gasteiger charge is 2.51. The monoisotopic (exact) mass is 245 g/mol. The van der Waals surface area contributed by atoms with Crippen LogP contribution in [0.4, 0.5) is 0 Å². The predicted molar refractivity (Wildman–Crippen MR) is 62.3 cm³/mol. The maximum atomic E-state index is 12.0. The van der Waals surface area contributed by atoms with Crippen molar-refractivity contribution in [2.45, 2.75) is 18.4 Å². The van der Waals surface area contributed by atoms with E-state index in [9.17, 15) is 9.59 Å². The van der Waals surface area contributed by atoms with Crippen molar-refractivity contribution in [3.05, 3.63) is 36.3 Å². The van der Waals surface area contributed by atoms with Gasteiger partial charge in [0.25, 0.3) is 5.91 Å². The lowest BCUT2D eigenvalue weighted by molar-refractivity contribution is -0.140. The first-order chi connectivity index (χ1) is 8.61. The van der Waals surface area contributed by atoms with E-state index < -0.39 is 11.5 Å². The number of pyridine rings is 1. The Morgan fingerprint density at radius 3 is 2.83 bits per heavy atom. The molecule has 0 bridgehead atoms. The number of nitrogens with one attached hydrogen (secondary N) is 1. The van der Waals surface area contributed by atoms with E-state index >= 15 is 0 Å². The third-order valence-electron chi connectivity index (χ3n) is 3.16. The molecule has 3 rings (SSSR count). The minimum absolute atomic E-state index is 0.370. The van der Waals surface area contributed by atoms with Gasteiger partial charge in [0.1, 0.15) is 11.2 Å². The van der Waals surface area contributed by atoms with Crippen LogP contribution in [-0.2, 0) is 4.79 Å². The molecule has 2 heterocycles. The number of aliphatic carboxylic acids is 1. The van der Waals surface area contributed by atoms with Gasteiger partial charge in [-0.15, -0.1) is 0 Å². The Morgan fingerprint density at radius 2 is 2.17 bits per heavy atom. The number of fused-ring (bicyclic) bond motifs is 1. The molecule has 1 aliphatic carbocycles. The van der Waals surface area contributed by atoms with Gasteiger partial charge in [0.15, 0.2) is 0 Å². The number of hydrogen-bond acceptors (Lipinski definition) is 3. The predicted octanol–water partition coefficient (Wildman–Crippen LogP) is 0.681. The van der Waals surface area contributed by atoms with E-state index in [1.54, 1.807) is 35.1 Å². The second-order valence-corrected chi connectivity index (χ2v) is 4.45. The molecule has 1 amide bonds. The molecule has 2 aromatic rings. The fraction of sp³-hybridized carbons (Fsp3) is 0.250. The number of carbonyl (C=O) groups excluding carboxylic acids is 1. The Hall–Kier alpha value is -2.37. The van der Waals surface area contributed by atoms with E-state index in [-0.39, 0.29) is 5.91 Å². The van der Waals surface area contributed by atoms with Crippen molar-refractivity contribution in [3.8, 4) is 0 Å². The summed E-state index contributed by atoms with van der Waals surface area (Å²) in [6.07, 6.45) is 5.98. The number of carboxylic acids is 1. The zero-order chi connectivity index (χ0) is 12.8. The van der Waals surface area contributed by atoms with Crippen LogP contribution in [0.1, 0.15) is 23.2 Å². The van der Waals surface area contributed by atoms with Gasteiger partial charge in [-0.05, 0) is 25.0 Å². The van der Waals surface area contributed by atoms with Gasteiger partial charge in [0.2, 0.25) is 0 Å². The minimum atomic E-state index is -1.05. The topological polar surface area (TPSA) is 83.7 Å². The molecule has 1 fully saturated rings. The molecule has 0 unspecified atom stereocenters. The second kappa shape index (κ2) is 3.56. The molecule has 0 radical (unpaired) electrons. The zero-order valence-corrected chi connectivity index (χ0v) is 9.46. The molecule has 0 spiro atoms. The smallest absolute Gasteiger partial charge is 0.329 e. The van der Waals surface area contributed by atoms with Crippen LogP contribution < -0.4 is 5.32 Å². The molecule has 1 saturated carbocycles. The number of hydrogen-bond donors (Lipinski definition) is 2. The maximum Gasteiger partial charge on any atom is 0.329 e. The lowest BCUT2D eigenvalue weighted by atomic mass is 10.2. The first-order valence-electron chi connectivity index (χ1n) is 5.59. The molecule has 92 valence electrons. The fourth-order valence-electron chi connectivity index (χ4n) is 1.86. The van der Waals surface area contributed by atoms with Gasteiger partial charge >= 0.3 is 5.97 Å². The number of imidazole rings is 1. The van der Waals surface area contributed by atoms with Gasteiger partial charge in [-0.1, -0.05) is 0 Å². The summed E-state index contributed by atoms with van der Waals surface area (Å²) in [6.45, 7) is 0. The molecule has 1 aliphatic rings. The highest BCUT2D eigenvalue weighted by molar-refractivity contribution is 5.98. The van der Waals surface area contributed by atoms with Crippen LogP contribution in [0.3, 0.4) is 0 Å². The Kier molecular flexibility index (Phi) is 2.13. The molecular weight excluding hydrogens is 234 g/mol. The third-order valence-corrected chi connectivity index (χ3v) is 3.16. The number of aromatic nitrogens is 2. The van der Waals surface area contributed by atoms with Crippen LogP contribution in [0.25, 0.3) is 5.65 Å². The Bertz CT molecular complexity index is 643. The molecule has 0 aromatic carbocycles. The van der Waals surface area contributed by atoms with Crippen molar-refractivity contribution in [2.24, 2.45) is 0 Å². The fourth-order valence-corrected chi connectivity index (χ4v) is 1.86. The van der Waals surface area contributed by atoms with Crippen LogP contribution in [0.5, 0.6) is 0 Å². The molecule has 18 heavy (non-hydrogen) atoms. The number of carbonyl (C=O) groups is 2. The second-order valence-electron chi connectivity index (χ2n) is 4.45. The van der Waals surface area contributed by atoms with E-state index in [1.807, 2.05) is 0 Å². The van der Waals surface area contributed by atoms with Gasteiger partial charge in [0, 0.05) is 18.6 Å². The van der Waals surface area contributed by atoms with Crippen LogP contribution >= 0.6 is 0 Å². The summed E-state index contributed by atoms with van der Waals surface area (Å²) in [4.78, 5) is 27.0.